The van der Waals surface area contributed by atoms with Gasteiger partial charge in [0.25, 0.3) is 0 Å². The van der Waals surface area contributed by atoms with Gasteiger partial charge in [0.2, 0.25) is 0 Å². The van der Waals surface area contributed by atoms with Crippen LogP contribution in [0.25, 0.3) is 22.4 Å². The summed E-state index contributed by atoms with van der Waals surface area (Å²) in [4.78, 5) is 22.5. The summed E-state index contributed by atoms with van der Waals surface area (Å²) in [6.45, 7) is 14.7. The van der Waals surface area contributed by atoms with Crippen molar-refractivity contribution in [1.29, 1.82) is 0 Å². The van der Waals surface area contributed by atoms with Crippen LogP contribution in [0.4, 0.5) is 11.5 Å². The third-order valence-electron chi connectivity index (χ3n) is 8.65. The zero-order chi connectivity index (χ0) is 27.4. The number of benzene rings is 1. The summed E-state index contributed by atoms with van der Waals surface area (Å²) in [6.07, 6.45) is 3.93. The molecule has 6 rings (SSSR count). The molecular formula is C31H40N8. The first kappa shape index (κ1) is 25.7. The van der Waals surface area contributed by atoms with E-state index < -0.39 is 0 Å². The van der Waals surface area contributed by atoms with Crippen molar-refractivity contribution in [2.75, 3.05) is 43.5 Å². The van der Waals surface area contributed by atoms with Crippen LogP contribution in [0, 0.1) is 20.8 Å². The van der Waals surface area contributed by atoms with Crippen LogP contribution in [0.15, 0.2) is 24.4 Å². The number of fused-ring (bicyclic) bond motifs is 2. The van der Waals surface area contributed by atoms with Crippen LogP contribution in [0.3, 0.4) is 0 Å². The van der Waals surface area contributed by atoms with Crippen molar-refractivity contribution in [2.45, 2.75) is 66.0 Å². The first-order chi connectivity index (χ1) is 18.7. The largest absolute Gasteiger partial charge is 0.366 e. The lowest BCUT2D eigenvalue weighted by atomic mass is 9.98. The molecule has 8 heteroatoms. The Kier molecular flexibility index (Phi) is 6.53. The van der Waals surface area contributed by atoms with Gasteiger partial charge >= 0.3 is 0 Å². The van der Waals surface area contributed by atoms with E-state index in [1.165, 1.54) is 28.1 Å². The molecule has 0 spiro atoms. The summed E-state index contributed by atoms with van der Waals surface area (Å²) in [5.74, 6) is 2.38. The molecule has 39 heavy (non-hydrogen) atoms. The van der Waals surface area contributed by atoms with Gasteiger partial charge in [-0.1, -0.05) is 26.0 Å². The molecule has 1 fully saturated rings. The van der Waals surface area contributed by atoms with E-state index in [1.54, 1.807) is 0 Å². The third-order valence-corrected chi connectivity index (χ3v) is 8.65. The fourth-order valence-electron chi connectivity index (χ4n) is 6.17. The van der Waals surface area contributed by atoms with Gasteiger partial charge in [0.05, 0.1) is 11.1 Å². The minimum atomic E-state index is 0.502. The Morgan fingerprint density at radius 1 is 1.03 bits per heavy atom. The van der Waals surface area contributed by atoms with Gasteiger partial charge in [0.15, 0.2) is 11.5 Å². The van der Waals surface area contributed by atoms with Crippen molar-refractivity contribution in [1.82, 2.24) is 30.0 Å². The average molecular weight is 525 g/mol. The highest BCUT2D eigenvalue weighted by Gasteiger charge is 2.32. The van der Waals surface area contributed by atoms with E-state index in [9.17, 15) is 0 Å². The summed E-state index contributed by atoms with van der Waals surface area (Å²) in [5, 5.41) is 8.55. The Morgan fingerprint density at radius 3 is 2.59 bits per heavy atom. The van der Waals surface area contributed by atoms with Crippen LogP contribution in [0.5, 0.6) is 0 Å². The predicted octanol–water partition coefficient (Wildman–Crippen LogP) is 5.17. The number of likely N-dealkylation sites (N-methyl/N-ethyl adjacent to an activating group) is 1. The van der Waals surface area contributed by atoms with Crippen molar-refractivity contribution in [3.63, 3.8) is 0 Å². The summed E-state index contributed by atoms with van der Waals surface area (Å²) >= 11 is 0. The molecule has 1 saturated heterocycles. The number of hydrogen-bond acceptors (Lipinski definition) is 7. The van der Waals surface area contributed by atoms with Gasteiger partial charge in [-0.05, 0) is 70.0 Å². The normalized spacial score (nSPS) is 17.6. The van der Waals surface area contributed by atoms with Crippen molar-refractivity contribution in [3.05, 3.63) is 58.0 Å². The number of aromatic amines is 1. The van der Waals surface area contributed by atoms with Gasteiger partial charge in [0.1, 0.15) is 5.82 Å². The van der Waals surface area contributed by atoms with Gasteiger partial charge in [-0.25, -0.2) is 15.0 Å². The highest BCUT2D eigenvalue weighted by atomic mass is 15.3. The summed E-state index contributed by atoms with van der Waals surface area (Å²) in [5.41, 5.74) is 10.3. The molecule has 1 N–H and O–H groups in total. The molecule has 204 valence electrons. The van der Waals surface area contributed by atoms with Crippen LogP contribution in [-0.2, 0) is 13.0 Å². The SMILES string of the molecule is Cc1ccc(C(C)C)cc1N1CCc2nc(-c3c(C)cnc4n[nH]c(C)c34)nc(N3CCC(N(C)C)C3)c2C1. The zero-order valence-corrected chi connectivity index (χ0v) is 24.3. The van der Waals surface area contributed by atoms with E-state index in [4.69, 9.17) is 9.97 Å². The summed E-state index contributed by atoms with van der Waals surface area (Å²) in [6, 6.07) is 7.45. The maximum Gasteiger partial charge on any atom is 0.181 e. The summed E-state index contributed by atoms with van der Waals surface area (Å²) in [7, 11) is 4.36. The minimum Gasteiger partial charge on any atom is -0.366 e. The third kappa shape index (κ3) is 4.54. The van der Waals surface area contributed by atoms with Crippen molar-refractivity contribution >= 4 is 22.5 Å². The number of anilines is 2. The Balaban J connectivity index is 1.48. The van der Waals surface area contributed by atoms with Gasteiger partial charge < -0.3 is 14.7 Å². The average Bonchev–Trinajstić information content (AvgIpc) is 3.56. The van der Waals surface area contributed by atoms with Crippen LogP contribution in [0.1, 0.15) is 59.8 Å². The molecule has 0 saturated carbocycles. The van der Waals surface area contributed by atoms with E-state index in [0.29, 0.717) is 12.0 Å². The highest BCUT2D eigenvalue weighted by Crippen LogP contribution is 2.37. The monoisotopic (exact) mass is 524 g/mol. The van der Waals surface area contributed by atoms with Gasteiger partial charge in [-0.3, -0.25) is 5.10 Å². The minimum absolute atomic E-state index is 0.502. The quantitative estimate of drug-likeness (QED) is 0.386. The molecule has 5 heterocycles. The fraction of sp³-hybridized carbons (Fsp3) is 0.484. The van der Waals surface area contributed by atoms with Gasteiger partial charge in [0, 0.05) is 67.3 Å². The Labute approximate surface area is 231 Å². The molecule has 2 aliphatic heterocycles. The van der Waals surface area contributed by atoms with Crippen LogP contribution >= 0.6 is 0 Å². The molecular weight excluding hydrogens is 484 g/mol. The molecule has 3 aromatic heterocycles. The number of H-pyrrole nitrogens is 1. The first-order valence-electron chi connectivity index (χ1n) is 14.2. The number of hydrogen-bond donors (Lipinski definition) is 1. The van der Waals surface area contributed by atoms with Gasteiger partial charge in [-0.2, -0.15) is 5.10 Å². The molecule has 0 aliphatic carbocycles. The number of nitrogens with one attached hydrogen (secondary N) is 1. The maximum absolute atomic E-state index is 5.36. The zero-order valence-electron chi connectivity index (χ0n) is 24.3. The molecule has 1 unspecified atom stereocenters. The van der Waals surface area contributed by atoms with Crippen LogP contribution in [-0.4, -0.2) is 69.8 Å². The topological polar surface area (TPSA) is 77.1 Å². The van der Waals surface area contributed by atoms with Crippen molar-refractivity contribution in [3.8, 4) is 11.4 Å². The number of aryl methyl sites for hydroxylation is 3. The van der Waals surface area contributed by atoms with Crippen LogP contribution in [0.2, 0.25) is 0 Å². The van der Waals surface area contributed by atoms with E-state index in [0.717, 1.165) is 78.5 Å². The van der Waals surface area contributed by atoms with Gasteiger partial charge in [-0.15, -0.1) is 0 Å². The lowest BCUT2D eigenvalue weighted by Crippen LogP contribution is -2.36. The molecule has 0 radical (unpaired) electrons. The standard InChI is InChI=1S/C31H40N8/c1-18(2)22-9-8-19(3)26(14-22)38-13-11-25-24(17-38)31(39-12-10-23(16-39)37(6)7)34-30(33-25)27-20(4)15-32-29-28(27)21(5)35-36-29/h8-9,14-15,18,23H,10-13,16-17H2,1-7H3,(H,32,35,36). The molecule has 1 aromatic carbocycles. The molecule has 4 aromatic rings. The second-order valence-corrected chi connectivity index (χ2v) is 11.9. The van der Waals surface area contributed by atoms with E-state index in [-0.39, 0.29) is 0 Å². The lowest BCUT2D eigenvalue weighted by molar-refractivity contribution is 0.315. The molecule has 8 nitrogen and oxygen atoms in total. The Bertz CT molecular complexity index is 1540. The second kappa shape index (κ2) is 9.90. The number of pyridine rings is 1. The molecule has 0 amide bonds. The first-order valence-corrected chi connectivity index (χ1v) is 14.2. The second-order valence-electron chi connectivity index (χ2n) is 11.9. The number of nitrogens with zero attached hydrogens (tertiary/aromatic N) is 7. The Morgan fingerprint density at radius 2 is 1.85 bits per heavy atom. The predicted molar refractivity (Wildman–Crippen MR) is 159 cm³/mol. The molecule has 2 aliphatic rings. The summed E-state index contributed by atoms with van der Waals surface area (Å²) < 4.78 is 0. The number of aromatic nitrogens is 5. The maximum atomic E-state index is 5.36. The number of rotatable bonds is 5. The molecule has 1 atom stereocenters. The smallest absolute Gasteiger partial charge is 0.181 e. The highest BCUT2D eigenvalue weighted by molar-refractivity contribution is 5.94. The van der Waals surface area contributed by atoms with Crippen LogP contribution < -0.4 is 9.80 Å². The fourth-order valence-corrected chi connectivity index (χ4v) is 6.17. The Hall–Kier alpha value is -3.52. The van der Waals surface area contributed by atoms with Crippen molar-refractivity contribution < 1.29 is 0 Å². The molecule has 0 bridgehead atoms. The van der Waals surface area contributed by atoms with Crippen molar-refractivity contribution in [2.24, 2.45) is 0 Å². The lowest BCUT2D eigenvalue weighted by Gasteiger charge is -2.34. The van der Waals surface area contributed by atoms with E-state index in [1.807, 2.05) is 13.1 Å². The van der Waals surface area contributed by atoms with E-state index >= 15 is 0 Å². The van der Waals surface area contributed by atoms with E-state index in [2.05, 4.69) is 89.9 Å².